The lowest BCUT2D eigenvalue weighted by molar-refractivity contribution is 0.332. The van der Waals surface area contributed by atoms with E-state index in [0.717, 1.165) is 59.8 Å². The molecule has 11 rings (SSSR count). The van der Waals surface area contributed by atoms with Gasteiger partial charge in [0.25, 0.3) is 6.71 Å². The smallest absolute Gasteiger partial charge is 0.252 e. The molecule has 2 aliphatic heterocycles. The standard InChI is InChI=1S/C64H75BN2/c1-38-29-54-57-55(30-38)67(51-34-46-44(31-39(51)2)58(4,5)27-28-59(46,6)7)52-32-42(64(16,17)41-21-19-18-20-22-41)23-25-48(52)65(57)49-33-45-47(62(12,13)36-61(45,10)11)35-53(49)66(54)50-26-24-43-56(40(50)3)63(14,15)37-60(43,8)9/h18-26,29-35H,27-28,36-37H2,1-17H3/i1D3. The van der Waals surface area contributed by atoms with Gasteiger partial charge in [-0.3, -0.25) is 0 Å². The minimum atomic E-state index is -2.37. The van der Waals surface area contributed by atoms with Crippen LogP contribution in [0.4, 0.5) is 34.1 Å². The van der Waals surface area contributed by atoms with Crippen molar-refractivity contribution in [1.82, 2.24) is 0 Å². The van der Waals surface area contributed by atoms with E-state index in [0.29, 0.717) is 5.56 Å². The molecule has 6 aromatic rings. The first-order valence-electron chi connectivity index (χ1n) is 26.9. The van der Waals surface area contributed by atoms with Crippen LogP contribution in [-0.2, 0) is 37.9 Å². The highest BCUT2D eigenvalue weighted by atomic mass is 15.2. The van der Waals surface area contributed by atoms with Crippen LogP contribution in [0.15, 0.2) is 97.1 Å². The monoisotopic (exact) mass is 886 g/mol. The topological polar surface area (TPSA) is 6.48 Å². The predicted molar refractivity (Wildman–Crippen MR) is 290 cm³/mol. The van der Waals surface area contributed by atoms with E-state index < -0.39 is 6.85 Å². The summed E-state index contributed by atoms with van der Waals surface area (Å²) < 4.78 is 27.8. The van der Waals surface area contributed by atoms with Gasteiger partial charge in [0.1, 0.15) is 0 Å². The maximum Gasteiger partial charge on any atom is 0.252 e. The van der Waals surface area contributed by atoms with Crippen LogP contribution < -0.4 is 26.2 Å². The Kier molecular flexibility index (Phi) is 8.46. The van der Waals surface area contributed by atoms with E-state index in [2.05, 4.69) is 212 Å². The van der Waals surface area contributed by atoms with Gasteiger partial charge in [0.15, 0.2) is 0 Å². The zero-order valence-corrected chi connectivity index (χ0v) is 43.5. The molecule has 0 fully saturated rings. The molecule has 0 saturated carbocycles. The summed E-state index contributed by atoms with van der Waals surface area (Å²) in [4.78, 5) is 5.02. The van der Waals surface area contributed by atoms with Gasteiger partial charge in [-0.1, -0.05) is 158 Å². The lowest BCUT2D eigenvalue weighted by Gasteiger charge is -2.47. The maximum absolute atomic E-state index is 9.27. The zero-order valence-electron chi connectivity index (χ0n) is 46.5. The predicted octanol–water partition coefficient (Wildman–Crippen LogP) is 15.3. The molecule has 5 aliphatic rings. The third kappa shape index (κ3) is 6.27. The lowest BCUT2D eigenvalue weighted by atomic mass is 9.33. The van der Waals surface area contributed by atoms with E-state index in [9.17, 15) is 4.11 Å². The molecule has 3 heteroatoms. The van der Waals surface area contributed by atoms with Gasteiger partial charge in [-0.2, -0.15) is 0 Å². The van der Waals surface area contributed by atoms with Crippen molar-refractivity contribution < 1.29 is 4.11 Å². The largest absolute Gasteiger partial charge is 0.311 e. The highest BCUT2D eigenvalue weighted by Crippen LogP contribution is 2.57. The van der Waals surface area contributed by atoms with Crippen LogP contribution in [0, 0.1) is 20.7 Å². The molecule has 3 aliphatic carbocycles. The molecular formula is C64H75BN2. The van der Waals surface area contributed by atoms with Crippen molar-refractivity contribution in [2.45, 2.75) is 181 Å². The van der Waals surface area contributed by atoms with E-state index in [-0.39, 0.29) is 44.6 Å². The number of hydrogen-bond acceptors (Lipinski definition) is 2. The fraction of sp³-hybridized carbons (Fsp3) is 0.438. The molecule has 0 saturated heterocycles. The Labute approximate surface area is 408 Å². The molecule has 67 heavy (non-hydrogen) atoms. The minimum absolute atomic E-state index is 0.0278. The van der Waals surface area contributed by atoms with Crippen LogP contribution in [0.3, 0.4) is 0 Å². The number of nitrogens with zero attached hydrogens (tertiary/aromatic N) is 2. The quantitative estimate of drug-likeness (QED) is 0.163. The molecule has 0 amide bonds. The third-order valence-electron chi connectivity index (χ3n) is 18.1. The summed E-state index contributed by atoms with van der Waals surface area (Å²) in [6.07, 6.45) is 4.36. The average Bonchev–Trinajstić information content (AvgIpc) is 3.58. The van der Waals surface area contributed by atoms with Crippen LogP contribution in [0.2, 0.25) is 0 Å². The Morgan fingerprint density at radius 2 is 1.01 bits per heavy atom. The van der Waals surface area contributed by atoms with E-state index >= 15 is 0 Å². The van der Waals surface area contributed by atoms with Crippen molar-refractivity contribution in [3.05, 3.63) is 158 Å². The van der Waals surface area contributed by atoms with Gasteiger partial charge in [0.2, 0.25) is 0 Å². The summed E-state index contributed by atoms with van der Waals surface area (Å²) in [5, 5.41) is 0. The number of hydrogen-bond donors (Lipinski definition) is 0. The normalized spacial score (nSPS) is 21.3. The molecule has 0 atom stereocenters. The second-order valence-corrected chi connectivity index (χ2v) is 26.2. The second-order valence-electron chi connectivity index (χ2n) is 26.2. The number of aryl methyl sites for hydroxylation is 2. The van der Waals surface area contributed by atoms with Crippen molar-refractivity contribution in [1.29, 1.82) is 0 Å². The highest BCUT2D eigenvalue weighted by Gasteiger charge is 2.50. The molecule has 0 spiro atoms. The Hall–Kier alpha value is -5.02. The van der Waals surface area contributed by atoms with Gasteiger partial charge in [-0.15, -0.1) is 0 Å². The Morgan fingerprint density at radius 3 is 1.66 bits per heavy atom. The summed E-state index contributed by atoms with van der Waals surface area (Å²) in [6, 6.07) is 37.1. The molecule has 2 nitrogen and oxygen atoms in total. The SMILES string of the molecule is [2H]C([2H])([2H])c1cc2c3c(c1)N(c1ccc4c(c1C)C(C)(C)CC4(C)C)c1cc4c(cc1B3c1ccc(C(C)(C)c3ccccc3)cc1N2c1cc2c(cc1C)C(C)(C)CCC2(C)C)C(C)(C)CC4(C)C. The first-order chi connectivity index (χ1) is 32.4. The Morgan fingerprint density at radius 1 is 0.478 bits per heavy atom. The van der Waals surface area contributed by atoms with E-state index in [1.54, 1.807) is 0 Å². The van der Waals surface area contributed by atoms with Crippen LogP contribution in [0.1, 0.15) is 188 Å². The van der Waals surface area contributed by atoms with Gasteiger partial charge < -0.3 is 9.80 Å². The van der Waals surface area contributed by atoms with E-state index in [1.165, 1.54) is 72.0 Å². The molecule has 0 bridgehead atoms. The Balaban J connectivity index is 1.29. The van der Waals surface area contributed by atoms with Crippen molar-refractivity contribution in [3.63, 3.8) is 0 Å². The van der Waals surface area contributed by atoms with E-state index in [1.807, 2.05) is 6.07 Å². The summed E-state index contributed by atoms with van der Waals surface area (Å²) >= 11 is 0. The molecule has 0 aromatic heterocycles. The fourth-order valence-electron chi connectivity index (χ4n) is 15.0. The number of benzene rings is 6. The minimum Gasteiger partial charge on any atom is -0.311 e. The van der Waals surface area contributed by atoms with Crippen molar-refractivity contribution in [2.24, 2.45) is 0 Å². The van der Waals surface area contributed by atoms with Crippen LogP contribution in [-0.4, -0.2) is 6.71 Å². The van der Waals surface area contributed by atoms with Crippen LogP contribution in [0.5, 0.6) is 0 Å². The number of anilines is 6. The van der Waals surface area contributed by atoms with E-state index in [4.69, 9.17) is 0 Å². The second kappa shape index (κ2) is 13.8. The molecular weight excluding hydrogens is 808 g/mol. The highest BCUT2D eigenvalue weighted by molar-refractivity contribution is 7.00. The third-order valence-corrected chi connectivity index (χ3v) is 18.1. The first-order valence-corrected chi connectivity index (χ1v) is 25.4. The molecule has 0 N–H and O–H groups in total. The summed E-state index contributed by atoms with van der Waals surface area (Å²) in [7, 11) is 0. The summed E-state index contributed by atoms with van der Waals surface area (Å²) in [6.45, 7) is 35.7. The molecule has 0 radical (unpaired) electrons. The fourth-order valence-corrected chi connectivity index (χ4v) is 15.0. The summed E-state index contributed by atoms with van der Waals surface area (Å²) in [5.74, 6) is 0. The van der Waals surface area contributed by atoms with Gasteiger partial charge >= 0.3 is 0 Å². The maximum atomic E-state index is 9.27. The molecule has 344 valence electrons. The van der Waals surface area contributed by atoms with Crippen molar-refractivity contribution in [3.8, 4) is 0 Å². The number of rotatable bonds is 4. The van der Waals surface area contributed by atoms with Gasteiger partial charge in [0, 0.05) is 43.7 Å². The van der Waals surface area contributed by atoms with Crippen LogP contribution in [0.25, 0.3) is 0 Å². The zero-order chi connectivity index (χ0) is 50.4. The molecule has 2 heterocycles. The molecule has 0 unspecified atom stereocenters. The Bertz CT molecular complexity index is 3220. The average molecular weight is 886 g/mol. The number of fused-ring (bicyclic) bond motifs is 7. The van der Waals surface area contributed by atoms with Gasteiger partial charge in [-0.25, -0.2) is 0 Å². The van der Waals surface area contributed by atoms with Crippen molar-refractivity contribution in [2.75, 3.05) is 9.80 Å². The summed E-state index contributed by atoms with van der Waals surface area (Å²) in [5.41, 5.74) is 23.6. The van der Waals surface area contributed by atoms with Gasteiger partial charge in [0.05, 0.1) is 0 Å². The molecule has 6 aromatic carbocycles. The van der Waals surface area contributed by atoms with Crippen molar-refractivity contribution >= 4 is 57.2 Å². The van der Waals surface area contributed by atoms with Gasteiger partial charge in [-0.05, 0) is 193 Å². The lowest BCUT2D eigenvalue weighted by Crippen LogP contribution is -2.61. The first kappa shape index (κ1) is 41.0. The van der Waals surface area contributed by atoms with Crippen LogP contribution >= 0.6 is 0 Å².